The Hall–Kier alpha value is -0.670. The number of aliphatic carboxylic acids is 1. The summed E-state index contributed by atoms with van der Waals surface area (Å²) >= 11 is 0. The topological polar surface area (TPSA) is 37.3 Å². The molecule has 2 fully saturated rings. The summed E-state index contributed by atoms with van der Waals surface area (Å²) in [5.74, 6) is -5.34. The summed E-state index contributed by atoms with van der Waals surface area (Å²) in [5.41, 5.74) is 0. The van der Waals surface area contributed by atoms with E-state index in [-0.39, 0.29) is 12.3 Å². The Kier molecular flexibility index (Phi) is 1.66. The van der Waals surface area contributed by atoms with Crippen molar-refractivity contribution < 1.29 is 18.7 Å². The first-order chi connectivity index (χ1) is 5.94. The first-order valence-electron chi connectivity index (χ1n) is 4.55. The molecule has 4 atom stereocenters. The first kappa shape index (κ1) is 8.91. The molecular formula is C9H12F2O2. The molecule has 2 aliphatic carbocycles. The van der Waals surface area contributed by atoms with Crippen LogP contribution in [0.3, 0.4) is 0 Å². The Labute approximate surface area is 74.9 Å². The van der Waals surface area contributed by atoms with Crippen LogP contribution in [0.5, 0.6) is 0 Å². The van der Waals surface area contributed by atoms with Crippen LogP contribution in [0.2, 0.25) is 0 Å². The van der Waals surface area contributed by atoms with E-state index >= 15 is 0 Å². The van der Waals surface area contributed by atoms with Gasteiger partial charge in [-0.15, -0.1) is 0 Å². The third-order valence-corrected chi connectivity index (χ3v) is 3.50. The second-order valence-electron chi connectivity index (χ2n) is 4.28. The zero-order chi connectivity index (χ0) is 9.80. The molecule has 74 valence electrons. The van der Waals surface area contributed by atoms with Crippen molar-refractivity contribution in [3.63, 3.8) is 0 Å². The maximum Gasteiger partial charge on any atom is 0.306 e. The number of fused-ring (bicyclic) bond motifs is 1. The molecule has 1 N–H and O–H groups in total. The fraction of sp³-hybridized carbons (Fsp3) is 0.889. The fourth-order valence-corrected chi connectivity index (χ4v) is 2.52. The highest BCUT2D eigenvalue weighted by molar-refractivity contribution is 5.70. The van der Waals surface area contributed by atoms with Gasteiger partial charge in [-0.2, -0.15) is 0 Å². The van der Waals surface area contributed by atoms with Crippen molar-refractivity contribution in [2.45, 2.75) is 25.7 Å². The summed E-state index contributed by atoms with van der Waals surface area (Å²) < 4.78 is 25.8. The molecule has 0 aromatic carbocycles. The monoisotopic (exact) mass is 190 g/mol. The third kappa shape index (κ3) is 1.15. The lowest BCUT2D eigenvalue weighted by Crippen LogP contribution is -2.25. The molecular weight excluding hydrogens is 178 g/mol. The van der Waals surface area contributed by atoms with Gasteiger partial charge in [-0.1, -0.05) is 6.92 Å². The highest BCUT2D eigenvalue weighted by Crippen LogP contribution is 2.64. The van der Waals surface area contributed by atoms with Crippen LogP contribution >= 0.6 is 0 Å². The molecule has 4 unspecified atom stereocenters. The van der Waals surface area contributed by atoms with Gasteiger partial charge in [0.05, 0.1) is 5.92 Å². The van der Waals surface area contributed by atoms with Crippen LogP contribution in [-0.2, 0) is 4.79 Å². The van der Waals surface area contributed by atoms with Crippen LogP contribution in [0.25, 0.3) is 0 Å². The molecule has 0 aromatic rings. The lowest BCUT2D eigenvalue weighted by Gasteiger charge is -2.22. The number of rotatable bonds is 1. The maximum atomic E-state index is 12.9. The van der Waals surface area contributed by atoms with E-state index in [2.05, 4.69) is 0 Å². The van der Waals surface area contributed by atoms with E-state index in [0.29, 0.717) is 6.42 Å². The van der Waals surface area contributed by atoms with Gasteiger partial charge in [0.2, 0.25) is 0 Å². The maximum absolute atomic E-state index is 12.9. The Balaban J connectivity index is 2.09. The van der Waals surface area contributed by atoms with E-state index in [1.807, 2.05) is 0 Å². The Morgan fingerprint density at radius 2 is 1.92 bits per heavy atom. The average Bonchev–Trinajstić information content (AvgIpc) is 2.52. The van der Waals surface area contributed by atoms with Crippen LogP contribution in [0.1, 0.15) is 19.8 Å². The van der Waals surface area contributed by atoms with Gasteiger partial charge in [0, 0.05) is 11.8 Å². The summed E-state index contributed by atoms with van der Waals surface area (Å²) in [4.78, 5) is 10.7. The summed E-state index contributed by atoms with van der Waals surface area (Å²) in [6, 6.07) is 0. The van der Waals surface area contributed by atoms with E-state index in [0.717, 1.165) is 0 Å². The summed E-state index contributed by atoms with van der Waals surface area (Å²) in [5, 5.41) is 8.77. The van der Waals surface area contributed by atoms with Crippen molar-refractivity contribution in [1.29, 1.82) is 0 Å². The van der Waals surface area contributed by atoms with Gasteiger partial charge in [0.25, 0.3) is 5.92 Å². The minimum absolute atomic E-state index is 0.105. The van der Waals surface area contributed by atoms with Gasteiger partial charge in [0.15, 0.2) is 0 Å². The first-order valence-corrected chi connectivity index (χ1v) is 4.55. The number of hydrogen-bond donors (Lipinski definition) is 1. The minimum atomic E-state index is -2.57. The average molecular weight is 190 g/mol. The predicted octanol–water partition coefficient (Wildman–Crippen LogP) is 2.00. The Morgan fingerprint density at radius 3 is 2.46 bits per heavy atom. The van der Waals surface area contributed by atoms with Crippen LogP contribution in [0.4, 0.5) is 8.78 Å². The molecule has 2 rings (SSSR count). The minimum Gasteiger partial charge on any atom is -0.481 e. The second-order valence-corrected chi connectivity index (χ2v) is 4.28. The Bertz CT molecular complexity index is 252. The molecule has 2 saturated carbocycles. The molecule has 2 nitrogen and oxygen atoms in total. The molecule has 0 saturated heterocycles. The van der Waals surface area contributed by atoms with Crippen molar-refractivity contribution in [3.05, 3.63) is 0 Å². The Morgan fingerprint density at radius 1 is 1.38 bits per heavy atom. The van der Waals surface area contributed by atoms with Crippen molar-refractivity contribution in [2.24, 2.45) is 23.7 Å². The van der Waals surface area contributed by atoms with Gasteiger partial charge in [0.1, 0.15) is 0 Å². The summed E-state index contributed by atoms with van der Waals surface area (Å²) in [6.07, 6.45) is 0.531. The normalized spacial score (nSPS) is 46.7. The molecule has 0 spiro atoms. The van der Waals surface area contributed by atoms with Gasteiger partial charge in [-0.05, 0) is 18.8 Å². The van der Waals surface area contributed by atoms with Crippen LogP contribution < -0.4 is 0 Å². The van der Waals surface area contributed by atoms with E-state index in [1.165, 1.54) is 0 Å². The van der Waals surface area contributed by atoms with E-state index in [4.69, 9.17) is 5.11 Å². The zero-order valence-electron chi connectivity index (χ0n) is 7.34. The van der Waals surface area contributed by atoms with E-state index < -0.39 is 29.6 Å². The summed E-state index contributed by atoms with van der Waals surface area (Å²) in [7, 11) is 0. The van der Waals surface area contributed by atoms with Crippen molar-refractivity contribution in [3.8, 4) is 0 Å². The molecule has 4 heteroatoms. The SMILES string of the molecule is CC1CC2C(CC1C(=O)O)C2(F)F. The molecule has 0 heterocycles. The zero-order valence-corrected chi connectivity index (χ0v) is 7.34. The smallest absolute Gasteiger partial charge is 0.306 e. The molecule has 0 radical (unpaired) electrons. The lowest BCUT2D eigenvalue weighted by molar-refractivity contribution is -0.144. The third-order valence-electron chi connectivity index (χ3n) is 3.50. The van der Waals surface area contributed by atoms with Gasteiger partial charge in [-0.3, -0.25) is 4.79 Å². The lowest BCUT2D eigenvalue weighted by atomic mass is 9.81. The molecule has 13 heavy (non-hydrogen) atoms. The second kappa shape index (κ2) is 2.42. The van der Waals surface area contributed by atoms with Crippen molar-refractivity contribution in [1.82, 2.24) is 0 Å². The fourth-order valence-electron chi connectivity index (χ4n) is 2.52. The highest BCUT2D eigenvalue weighted by Gasteiger charge is 2.70. The van der Waals surface area contributed by atoms with Gasteiger partial charge < -0.3 is 5.11 Å². The molecule has 0 bridgehead atoms. The number of halogens is 2. The number of carbonyl (C=O) groups is 1. The molecule has 0 aromatic heterocycles. The van der Waals surface area contributed by atoms with Gasteiger partial charge in [-0.25, -0.2) is 8.78 Å². The number of carboxylic acids is 1. The summed E-state index contributed by atoms with van der Waals surface area (Å²) in [6.45, 7) is 1.75. The number of alkyl halides is 2. The van der Waals surface area contributed by atoms with Crippen LogP contribution in [0.15, 0.2) is 0 Å². The number of hydrogen-bond acceptors (Lipinski definition) is 1. The van der Waals surface area contributed by atoms with Gasteiger partial charge >= 0.3 is 5.97 Å². The van der Waals surface area contributed by atoms with Crippen molar-refractivity contribution >= 4 is 5.97 Å². The van der Waals surface area contributed by atoms with E-state index in [9.17, 15) is 13.6 Å². The molecule has 2 aliphatic rings. The van der Waals surface area contributed by atoms with E-state index in [1.54, 1.807) is 6.92 Å². The number of carboxylic acid groups (broad SMARTS) is 1. The predicted molar refractivity (Wildman–Crippen MR) is 41.5 cm³/mol. The van der Waals surface area contributed by atoms with Crippen LogP contribution in [-0.4, -0.2) is 17.0 Å². The largest absolute Gasteiger partial charge is 0.481 e. The standard InChI is InChI=1S/C9H12F2O2/c1-4-2-6-7(9(6,10)11)3-5(4)8(12)13/h4-7H,2-3H2,1H3,(H,12,13). The molecule has 0 aliphatic heterocycles. The van der Waals surface area contributed by atoms with Crippen LogP contribution in [0, 0.1) is 23.7 Å². The quantitative estimate of drug-likeness (QED) is 0.686. The van der Waals surface area contributed by atoms with Crippen molar-refractivity contribution in [2.75, 3.05) is 0 Å². The molecule has 0 amide bonds. The highest BCUT2D eigenvalue weighted by atomic mass is 19.3.